The number of benzene rings is 1. The largest absolute Gasteiger partial charge is 0.337 e. The molecule has 2 unspecified atom stereocenters. The number of halogens is 1. The summed E-state index contributed by atoms with van der Waals surface area (Å²) >= 11 is 6.20. The molecule has 2 N–H and O–H groups in total. The van der Waals surface area contributed by atoms with Crippen molar-refractivity contribution in [2.24, 2.45) is 11.7 Å². The minimum Gasteiger partial charge on any atom is -0.337 e. The lowest BCUT2D eigenvalue weighted by Crippen LogP contribution is -2.48. The topological polar surface area (TPSA) is 46.3 Å². The van der Waals surface area contributed by atoms with E-state index in [1.807, 2.05) is 24.0 Å². The number of rotatable bonds is 1. The molecule has 0 aromatic heterocycles. The summed E-state index contributed by atoms with van der Waals surface area (Å²) < 4.78 is 0. The van der Waals surface area contributed by atoms with Crippen LogP contribution in [0, 0.1) is 12.8 Å². The lowest BCUT2D eigenvalue weighted by molar-refractivity contribution is 0.0661. The lowest BCUT2D eigenvalue weighted by Gasteiger charge is -2.35. The van der Waals surface area contributed by atoms with E-state index >= 15 is 0 Å². The fourth-order valence-corrected chi connectivity index (χ4v) is 2.76. The van der Waals surface area contributed by atoms with Crippen LogP contribution >= 0.6 is 11.6 Å². The number of aryl methyl sites for hydroxylation is 1. The average Bonchev–Trinajstić information content (AvgIpc) is 2.30. The zero-order chi connectivity index (χ0) is 13.3. The second-order valence-electron chi connectivity index (χ2n) is 5.25. The maximum atomic E-state index is 12.4. The first kappa shape index (κ1) is 13.4. The monoisotopic (exact) mass is 266 g/mol. The molecule has 1 saturated heterocycles. The van der Waals surface area contributed by atoms with E-state index in [4.69, 9.17) is 17.3 Å². The van der Waals surface area contributed by atoms with Gasteiger partial charge in [0.1, 0.15) is 0 Å². The van der Waals surface area contributed by atoms with E-state index in [0.717, 1.165) is 18.5 Å². The van der Waals surface area contributed by atoms with Crippen LogP contribution in [-0.4, -0.2) is 29.9 Å². The molecule has 1 aliphatic rings. The molecular formula is C14H19ClN2O. The van der Waals surface area contributed by atoms with Crippen molar-refractivity contribution in [3.05, 3.63) is 34.3 Å². The summed E-state index contributed by atoms with van der Waals surface area (Å²) in [4.78, 5) is 14.3. The molecular weight excluding hydrogens is 248 g/mol. The number of hydrogen-bond donors (Lipinski definition) is 1. The molecule has 3 nitrogen and oxygen atoms in total. The van der Waals surface area contributed by atoms with E-state index < -0.39 is 0 Å². The van der Waals surface area contributed by atoms with Crippen LogP contribution < -0.4 is 5.73 Å². The number of piperidine rings is 1. The molecule has 1 amide bonds. The summed E-state index contributed by atoms with van der Waals surface area (Å²) in [6, 6.07) is 5.62. The second kappa shape index (κ2) is 5.29. The van der Waals surface area contributed by atoms with Gasteiger partial charge in [0.15, 0.2) is 0 Å². The maximum Gasteiger partial charge on any atom is 0.255 e. The van der Waals surface area contributed by atoms with Gasteiger partial charge in [-0.2, -0.15) is 0 Å². The van der Waals surface area contributed by atoms with Gasteiger partial charge in [0.25, 0.3) is 5.91 Å². The van der Waals surface area contributed by atoms with E-state index in [0.29, 0.717) is 23.0 Å². The number of nitrogens with two attached hydrogens (primary N) is 1. The molecule has 0 saturated carbocycles. The highest BCUT2D eigenvalue weighted by Gasteiger charge is 2.27. The number of carbonyl (C=O) groups excluding carboxylic acids is 1. The molecule has 4 heteroatoms. The predicted octanol–water partition coefficient (Wildman–Crippen LogP) is 2.46. The van der Waals surface area contributed by atoms with Crippen molar-refractivity contribution in [3.8, 4) is 0 Å². The first-order valence-corrected chi connectivity index (χ1v) is 6.66. The van der Waals surface area contributed by atoms with Crippen LogP contribution in [0.4, 0.5) is 0 Å². The number of likely N-dealkylation sites (tertiary alicyclic amines) is 1. The van der Waals surface area contributed by atoms with Crippen molar-refractivity contribution in [1.29, 1.82) is 0 Å². The highest BCUT2D eigenvalue weighted by Crippen LogP contribution is 2.24. The molecule has 1 fully saturated rings. The Hall–Kier alpha value is -1.06. The van der Waals surface area contributed by atoms with Gasteiger partial charge in [0, 0.05) is 19.1 Å². The van der Waals surface area contributed by atoms with Gasteiger partial charge in [-0.3, -0.25) is 4.79 Å². The first-order chi connectivity index (χ1) is 8.49. The van der Waals surface area contributed by atoms with E-state index in [2.05, 4.69) is 6.92 Å². The second-order valence-corrected chi connectivity index (χ2v) is 5.63. The van der Waals surface area contributed by atoms with Crippen LogP contribution in [0.2, 0.25) is 5.02 Å². The van der Waals surface area contributed by atoms with Crippen LogP contribution in [0.25, 0.3) is 0 Å². The molecule has 0 spiro atoms. The summed E-state index contributed by atoms with van der Waals surface area (Å²) in [5, 5.41) is 0.550. The molecule has 0 aliphatic carbocycles. The van der Waals surface area contributed by atoms with E-state index in [-0.39, 0.29) is 11.9 Å². The fraction of sp³-hybridized carbons (Fsp3) is 0.500. The minimum absolute atomic E-state index is 0.00861. The van der Waals surface area contributed by atoms with Crippen LogP contribution in [0.15, 0.2) is 18.2 Å². The number of nitrogens with zero attached hydrogens (tertiary/aromatic N) is 1. The molecule has 0 bridgehead atoms. The van der Waals surface area contributed by atoms with Crippen molar-refractivity contribution in [2.45, 2.75) is 26.3 Å². The molecule has 2 atom stereocenters. The van der Waals surface area contributed by atoms with E-state index in [9.17, 15) is 4.79 Å². The lowest BCUT2D eigenvalue weighted by atomic mass is 9.96. The third-order valence-electron chi connectivity index (χ3n) is 3.40. The van der Waals surface area contributed by atoms with Crippen LogP contribution in [0.1, 0.15) is 29.3 Å². The van der Waals surface area contributed by atoms with Gasteiger partial charge < -0.3 is 10.6 Å². The van der Waals surface area contributed by atoms with Crippen LogP contribution in [0.3, 0.4) is 0 Å². The summed E-state index contributed by atoms with van der Waals surface area (Å²) in [6.07, 6.45) is 0.978. The molecule has 1 aromatic rings. The van der Waals surface area contributed by atoms with Gasteiger partial charge in [-0.05, 0) is 30.9 Å². The average molecular weight is 267 g/mol. The first-order valence-electron chi connectivity index (χ1n) is 6.29. The maximum absolute atomic E-state index is 12.4. The highest BCUT2D eigenvalue weighted by atomic mass is 35.5. The Morgan fingerprint density at radius 3 is 2.83 bits per heavy atom. The standard InChI is InChI=1S/C14H19ClN2O/c1-9-6-11(16)8-17(7-9)14(18)12-5-3-4-10(2)13(12)15/h3-5,9,11H,6-8,16H2,1-2H3. The Labute approximate surface area is 113 Å². The molecule has 18 heavy (non-hydrogen) atoms. The van der Waals surface area contributed by atoms with Gasteiger partial charge in [-0.1, -0.05) is 30.7 Å². The van der Waals surface area contributed by atoms with Crippen molar-refractivity contribution in [1.82, 2.24) is 4.90 Å². The molecule has 0 radical (unpaired) electrons. The quantitative estimate of drug-likeness (QED) is 0.849. The summed E-state index contributed by atoms with van der Waals surface area (Å²) in [6.45, 7) is 5.41. The smallest absolute Gasteiger partial charge is 0.255 e. The van der Waals surface area contributed by atoms with Gasteiger partial charge in [0.05, 0.1) is 10.6 Å². The third kappa shape index (κ3) is 2.68. The normalized spacial score (nSPS) is 24.1. The summed E-state index contributed by atoms with van der Waals surface area (Å²) in [5.74, 6) is 0.437. The van der Waals surface area contributed by atoms with Crippen molar-refractivity contribution < 1.29 is 4.79 Å². The number of amides is 1. The van der Waals surface area contributed by atoms with E-state index in [1.165, 1.54) is 0 Å². The van der Waals surface area contributed by atoms with E-state index in [1.54, 1.807) is 6.07 Å². The summed E-state index contributed by atoms with van der Waals surface area (Å²) in [7, 11) is 0. The Kier molecular flexibility index (Phi) is 3.93. The number of hydrogen-bond acceptors (Lipinski definition) is 2. The van der Waals surface area contributed by atoms with Crippen LogP contribution in [-0.2, 0) is 0 Å². The Balaban J connectivity index is 2.23. The minimum atomic E-state index is -0.00861. The summed E-state index contributed by atoms with van der Waals surface area (Å²) in [5.41, 5.74) is 7.48. The van der Waals surface area contributed by atoms with Crippen LogP contribution in [0.5, 0.6) is 0 Å². The Morgan fingerprint density at radius 2 is 2.17 bits per heavy atom. The van der Waals surface area contributed by atoms with Gasteiger partial charge in [-0.15, -0.1) is 0 Å². The Morgan fingerprint density at radius 1 is 1.44 bits per heavy atom. The molecule has 1 aliphatic heterocycles. The van der Waals surface area contributed by atoms with Crippen molar-refractivity contribution in [2.75, 3.05) is 13.1 Å². The van der Waals surface area contributed by atoms with Crippen molar-refractivity contribution in [3.63, 3.8) is 0 Å². The molecule has 1 heterocycles. The van der Waals surface area contributed by atoms with Crippen molar-refractivity contribution >= 4 is 17.5 Å². The number of carbonyl (C=O) groups is 1. The molecule has 2 rings (SSSR count). The zero-order valence-electron chi connectivity index (χ0n) is 10.8. The van der Waals surface area contributed by atoms with Gasteiger partial charge >= 0.3 is 0 Å². The van der Waals surface area contributed by atoms with Gasteiger partial charge in [0.2, 0.25) is 0 Å². The third-order valence-corrected chi connectivity index (χ3v) is 3.90. The zero-order valence-corrected chi connectivity index (χ0v) is 11.6. The molecule has 1 aromatic carbocycles. The Bertz CT molecular complexity index is 451. The fourth-order valence-electron chi connectivity index (χ4n) is 2.55. The predicted molar refractivity (Wildman–Crippen MR) is 73.8 cm³/mol. The SMILES string of the molecule is Cc1cccc(C(=O)N2CC(C)CC(N)C2)c1Cl. The highest BCUT2D eigenvalue weighted by molar-refractivity contribution is 6.34. The molecule has 98 valence electrons. The van der Waals surface area contributed by atoms with Gasteiger partial charge in [-0.25, -0.2) is 0 Å².